The maximum absolute atomic E-state index is 13.8. The fourth-order valence-electron chi connectivity index (χ4n) is 2.20. The summed E-state index contributed by atoms with van der Waals surface area (Å²) in [6.45, 7) is 0.252. The predicted molar refractivity (Wildman–Crippen MR) is 68.1 cm³/mol. The number of halogens is 1. The van der Waals surface area contributed by atoms with Gasteiger partial charge in [-0.25, -0.2) is 4.39 Å². The lowest BCUT2D eigenvalue weighted by atomic mass is 9.94. The standard InChI is InChI=1S/C14H18FNO3/c1-18-12(19-2)9-16-13(17)14(7-8-14)10-5-3-4-6-11(10)15/h3-6,12H,7-9H2,1-2H3,(H,16,17). The molecule has 0 aromatic heterocycles. The van der Waals surface area contributed by atoms with Crippen LogP contribution in [0.3, 0.4) is 0 Å². The average Bonchev–Trinajstić information content (AvgIpc) is 3.21. The molecule has 0 atom stereocenters. The number of ether oxygens (including phenoxy) is 2. The highest BCUT2D eigenvalue weighted by Gasteiger charge is 2.52. The molecule has 4 nitrogen and oxygen atoms in total. The van der Waals surface area contributed by atoms with Crippen molar-refractivity contribution in [2.45, 2.75) is 24.5 Å². The van der Waals surface area contributed by atoms with Gasteiger partial charge in [0.1, 0.15) is 5.82 Å². The van der Waals surface area contributed by atoms with Gasteiger partial charge in [0.05, 0.1) is 12.0 Å². The first kappa shape index (κ1) is 14.0. The molecule has 1 aliphatic carbocycles. The topological polar surface area (TPSA) is 47.6 Å². The van der Waals surface area contributed by atoms with Crippen LogP contribution in [0.15, 0.2) is 24.3 Å². The van der Waals surface area contributed by atoms with Crippen molar-refractivity contribution in [2.24, 2.45) is 0 Å². The van der Waals surface area contributed by atoms with Crippen LogP contribution in [-0.4, -0.2) is 33.0 Å². The zero-order chi connectivity index (χ0) is 13.9. The van der Waals surface area contributed by atoms with Gasteiger partial charge < -0.3 is 14.8 Å². The smallest absolute Gasteiger partial charge is 0.230 e. The Labute approximate surface area is 111 Å². The highest BCUT2D eigenvalue weighted by Crippen LogP contribution is 2.49. The third-order valence-electron chi connectivity index (χ3n) is 3.53. The van der Waals surface area contributed by atoms with Gasteiger partial charge in [0, 0.05) is 19.8 Å². The molecular weight excluding hydrogens is 249 g/mol. The highest BCUT2D eigenvalue weighted by atomic mass is 19.1. The van der Waals surface area contributed by atoms with Crippen LogP contribution < -0.4 is 5.32 Å². The SMILES string of the molecule is COC(CNC(=O)C1(c2ccccc2F)CC1)OC. The summed E-state index contributed by atoms with van der Waals surface area (Å²) in [6, 6.07) is 6.43. The molecule has 0 bridgehead atoms. The Hall–Kier alpha value is -1.46. The number of carbonyl (C=O) groups is 1. The Kier molecular flexibility index (Phi) is 4.17. The van der Waals surface area contributed by atoms with Gasteiger partial charge in [-0.3, -0.25) is 4.79 Å². The molecule has 1 N–H and O–H groups in total. The largest absolute Gasteiger partial charge is 0.354 e. The maximum Gasteiger partial charge on any atom is 0.230 e. The molecule has 19 heavy (non-hydrogen) atoms. The Bertz CT molecular complexity index is 456. The van der Waals surface area contributed by atoms with Crippen molar-refractivity contribution < 1.29 is 18.7 Å². The minimum Gasteiger partial charge on any atom is -0.354 e. The summed E-state index contributed by atoms with van der Waals surface area (Å²) < 4.78 is 23.8. The zero-order valence-electron chi connectivity index (χ0n) is 11.1. The minimum atomic E-state index is -0.711. The minimum absolute atomic E-state index is 0.170. The van der Waals surface area contributed by atoms with E-state index in [9.17, 15) is 9.18 Å². The number of benzene rings is 1. The van der Waals surface area contributed by atoms with Crippen LogP contribution in [0.5, 0.6) is 0 Å². The van der Waals surface area contributed by atoms with Crippen LogP contribution in [0.25, 0.3) is 0 Å². The van der Waals surface area contributed by atoms with Crippen LogP contribution in [0.2, 0.25) is 0 Å². The van der Waals surface area contributed by atoms with Crippen molar-refractivity contribution >= 4 is 5.91 Å². The van der Waals surface area contributed by atoms with Crippen molar-refractivity contribution in [3.63, 3.8) is 0 Å². The lowest BCUT2D eigenvalue weighted by molar-refractivity contribution is -0.129. The molecule has 0 radical (unpaired) electrons. The third kappa shape index (κ3) is 2.77. The van der Waals surface area contributed by atoms with E-state index in [1.54, 1.807) is 18.2 Å². The van der Waals surface area contributed by atoms with Gasteiger partial charge in [0.25, 0.3) is 0 Å². The average molecular weight is 267 g/mol. The summed E-state index contributed by atoms with van der Waals surface area (Å²) in [5.74, 6) is -0.498. The van der Waals surface area contributed by atoms with E-state index in [-0.39, 0.29) is 18.3 Å². The molecule has 0 spiro atoms. The van der Waals surface area contributed by atoms with Gasteiger partial charge in [-0.15, -0.1) is 0 Å². The molecule has 1 amide bonds. The lowest BCUT2D eigenvalue weighted by Gasteiger charge is -2.19. The molecule has 5 heteroatoms. The summed E-state index contributed by atoms with van der Waals surface area (Å²) in [5, 5.41) is 2.76. The van der Waals surface area contributed by atoms with Crippen LogP contribution in [0.1, 0.15) is 18.4 Å². The molecule has 1 saturated carbocycles. The Morgan fingerprint density at radius 1 is 1.37 bits per heavy atom. The van der Waals surface area contributed by atoms with Gasteiger partial charge in [-0.2, -0.15) is 0 Å². The number of rotatable bonds is 6. The first-order valence-corrected chi connectivity index (χ1v) is 6.23. The van der Waals surface area contributed by atoms with Crippen LogP contribution in [0, 0.1) is 5.82 Å². The van der Waals surface area contributed by atoms with Gasteiger partial charge in [0.2, 0.25) is 5.91 Å². The van der Waals surface area contributed by atoms with Gasteiger partial charge in [-0.1, -0.05) is 18.2 Å². The van der Waals surface area contributed by atoms with Crippen molar-refractivity contribution in [3.8, 4) is 0 Å². The molecule has 0 heterocycles. The quantitative estimate of drug-likeness (QED) is 0.796. The number of hydrogen-bond acceptors (Lipinski definition) is 3. The normalized spacial score (nSPS) is 16.4. The van der Waals surface area contributed by atoms with Crippen LogP contribution in [-0.2, 0) is 19.7 Å². The maximum atomic E-state index is 13.8. The molecule has 0 aliphatic heterocycles. The fourth-order valence-corrected chi connectivity index (χ4v) is 2.20. The van der Waals surface area contributed by atoms with E-state index >= 15 is 0 Å². The summed E-state index contributed by atoms with van der Waals surface area (Å²) in [6.07, 6.45) is 0.856. The van der Waals surface area contributed by atoms with E-state index in [4.69, 9.17) is 9.47 Å². The van der Waals surface area contributed by atoms with E-state index in [2.05, 4.69) is 5.32 Å². The fraction of sp³-hybridized carbons (Fsp3) is 0.500. The van der Waals surface area contributed by atoms with Gasteiger partial charge in [0.15, 0.2) is 6.29 Å². The van der Waals surface area contributed by atoms with Crippen molar-refractivity contribution in [1.82, 2.24) is 5.32 Å². The summed E-state index contributed by atoms with van der Waals surface area (Å²) >= 11 is 0. The first-order chi connectivity index (χ1) is 9.14. The van der Waals surface area contributed by atoms with Crippen molar-refractivity contribution in [3.05, 3.63) is 35.6 Å². The summed E-state index contributed by atoms with van der Waals surface area (Å²) in [7, 11) is 3.01. The number of nitrogens with one attached hydrogen (secondary N) is 1. The molecule has 1 aromatic carbocycles. The predicted octanol–water partition coefficient (Wildman–Crippen LogP) is 1.59. The molecule has 1 aromatic rings. The third-order valence-corrected chi connectivity index (χ3v) is 3.53. The molecule has 1 aliphatic rings. The Morgan fingerprint density at radius 3 is 2.53 bits per heavy atom. The first-order valence-electron chi connectivity index (χ1n) is 6.23. The molecule has 0 saturated heterocycles. The highest BCUT2D eigenvalue weighted by molar-refractivity contribution is 5.91. The number of methoxy groups -OCH3 is 2. The van der Waals surface area contributed by atoms with E-state index in [1.165, 1.54) is 20.3 Å². The van der Waals surface area contributed by atoms with Crippen LogP contribution >= 0.6 is 0 Å². The number of carbonyl (C=O) groups excluding carboxylic acids is 1. The summed E-state index contributed by atoms with van der Waals surface area (Å²) in [4.78, 5) is 12.2. The van der Waals surface area contributed by atoms with Crippen LogP contribution in [0.4, 0.5) is 4.39 Å². The van der Waals surface area contributed by atoms with Gasteiger partial charge >= 0.3 is 0 Å². The van der Waals surface area contributed by atoms with E-state index in [0.717, 1.165) is 0 Å². The second kappa shape index (κ2) is 5.67. The molecule has 2 rings (SSSR count). The molecular formula is C14H18FNO3. The Balaban J connectivity index is 2.05. The second-order valence-corrected chi connectivity index (χ2v) is 4.67. The van der Waals surface area contributed by atoms with E-state index in [0.29, 0.717) is 18.4 Å². The van der Waals surface area contributed by atoms with Crippen molar-refractivity contribution in [2.75, 3.05) is 20.8 Å². The van der Waals surface area contributed by atoms with Gasteiger partial charge in [-0.05, 0) is 18.9 Å². The van der Waals surface area contributed by atoms with E-state index in [1.807, 2.05) is 0 Å². The molecule has 104 valence electrons. The summed E-state index contributed by atoms with van der Waals surface area (Å²) in [5.41, 5.74) is -0.240. The van der Waals surface area contributed by atoms with Crippen molar-refractivity contribution in [1.29, 1.82) is 0 Å². The monoisotopic (exact) mass is 267 g/mol. The zero-order valence-corrected chi connectivity index (χ0v) is 11.1. The lowest BCUT2D eigenvalue weighted by Crippen LogP contribution is -2.40. The molecule has 0 unspecified atom stereocenters. The second-order valence-electron chi connectivity index (χ2n) is 4.67. The van der Waals surface area contributed by atoms with E-state index < -0.39 is 11.7 Å². The number of amides is 1. The molecule has 1 fully saturated rings. The number of hydrogen-bond donors (Lipinski definition) is 1. The Morgan fingerprint density at radius 2 is 2.00 bits per heavy atom.